The van der Waals surface area contributed by atoms with Gasteiger partial charge in [0.1, 0.15) is 5.75 Å². The zero-order chi connectivity index (χ0) is 14.5. The third kappa shape index (κ3) is 3.27. The van der Waals surface area contributed by atoms with E-state index >= 15 is 0 Å². The highest BCUT2D eigenvalue weighted by Crippen LogP contribution is 2.17. The fourth-order valence-electron chi connectivity index (χ4n) is 1.88. The van der Waals surface area contributed by atoms with E-state index in [0.29, 0.717) is 18.3 Å². The Bertz CT molecular complexity index is 693. The van der Waals surface area contributed by atoms with Crippen molar-refractivity contribution in [3.8, 4) is 17.2 Å². The molecule has 0 aliphatic rings. The van der Waals surface area contributed by atoms with Gasteiger partial charge in [0.15, 0.2) is 6.61 Å². The molecule has 0 bridgehead atoms. The summed E-state index contributed by atoms with van der Waals surface area (Å²) in [7, 11) is 0. The van der Waals surface area contributed by atoms with Crippen LogP contribution in [0.25, 0.3) is 11.5 Å². The van der Waals surface area contributed by atoms with Crippen molar-refractivity contribution in [2.24, 2.45) is 5.73 Å². The monoisotopic (exact) mass is 281 g/mol. The molecule has 2 N–H and O–H groups in total. The lowest BCUT2D eigenvalue weighted by Gasteiger charge is -2.03. The Morgan fingerprint density at radius 2 is 1.76 bits per heavy atom. The van der Waals surface area contributed by atoms with Crippen LogP contribution in [0.3, 0.4) is 0 Å². The van der Waals surface area contributed by atoms with Crippen molar-refractivity contribution in [1.82, 2.24) is 10.1 Å². The largest absolute Gasteiger partial charge is 0.485 e. The predicted octanol–water partition coefficient (Wildman–Crippen LogP) is 2.77. The standard InChI is InChI=1S/C16H15N3O2/c17-10-12-6-8-14(9-7-12)20-11-15-18-16(21-19-15)13-4-2-1-3-5-13/h1-9H,10-11,17H2. The maximum absolute atomic E-state index is 5.61. The van der Waals surface area contributed by atoms with Crippen LogP contribution in [0.5, 0.6) is 5.75 Å². The van der Waals surface area contributed by atoms with Crippen LogP contribution < -0.4 is 10.5 Å². The Morgan fingerprint density at radius 1 is 1.00 bits per heavy atom. The highest BCUT2D eigenvalue weighted by molar-refractivity contribution is 5.51. The number of rotatable bonds is 5. The Kier molecular flexibility index (Phi) is 3.93. The molecule has 0 radical (unpaired) electrons. The summed E-state index contributed by atoms with van der Waals surface area (Å²) in [4.78, 5) is 4.31. The number of benzene rings is 2. The Labute approximate surface area is 122 Å². The molecule has 21 heavy (non-hydrogen) atoms. The van der Waals surface area contributed by atoms with Crippen molar-refractivity contribution in [3.63, 3.8) is 0 Å². The molecule has 2 aromatic carbocycles. The maximum Gasteiger partial charge on any atom is 0.258 e. The van der Waals surface area contributed by atoms with E-state index in [1.807, 2.05) is 54.6 Å². The topological polar surface area (TPSA) is 74.2 Å². The SMILES string of the molecule is NCc1ccc(OCc2noc(-c3ccccc3)n2)cc1. The van der Waals surface area contributed by atoms with E-state index in [9.17, 15) is 0 Å². The van der Waals surface area contributed by atoms with E-state index in [1.165, 1.54) is 0 Å². The zero-order valence-corrected chi connectivity index (χ0v) is 11.4. The van der Waals surface area contributed by atoms with Gasteiger partial charge in [-0.2, -0.15) is 4.98 Å². The molecule has 0 aliphatic heterocycles. The van der Waals surface area contributed by atoms with Crippen LogP contribution in [0, 0.1) is 0 Å². The van der Waals surface area contributed by atoms with E-state index in [2.05, 4.69) is 10.1 Å². The van der Waals surface area contributed by atoms with Crippen LogP contribution in [0.2, 0.25) is 0 Å². The fourth-order valence-corrected chi connectivity index (χ4v) is 1.88. The molecule has 0 saturated heterocycles. The third-order valence-corrected chi connectivity index (χ3v) is 3.02. The van der Waals surface area contributed by atoms with Gasteiger partial charge >= 0.3 is 0 Å². The number of nitrogens with two attached hydrogens (primary N) is 1. The quantitative estimate of drug-likeness (QED) is 0.778. The molecule has 1 heterocycles. The molecular weight excluding hydrogens is 266 g/mol. The summed E-state index contributed by atoms with van der Waals surface area (Å²) in [6, 6.07) is 17.2. The predicted molar refractivity (Wildman–Crippen MR) is 78.4 cm³/mol. The molecule has 5 heteroatoms. The van der Waals surface area contributed by atoms with Gasteiger partial charge < -0.3 is 15.0 Å². The first kappa shape index (κ1) is 13.3. The smallest absolute Gasteiger partial charge is 0.258 e. The normalized spacial score (nSPS) is 10.5. The Morgan fingerprint density at radius 3 is 2.48 bits per heavy atom. The van der Waals surface area contributed by atoms with Crippen LogP contribution >= 0.6 is 0 Å². The average molecular weight is 281 g/mol. The zero-order valence-electron chi connectivity index (χ0n) is 11.4. The molecule has 3 aromatic rings. The molecule has 3 rings (SSSR count). The lowest BCUT2D eigenvalue weighted by Crippen LogP contribution is -1.99. The maximum atomic E-state index is 5.61. The number of hydrogen-bond donors (Lipinski definition) is 1. The van der Waals surface area contributed by atoms with Gasteiger partial charge in [-0.05, 0) is 29.8 Å². The van der Waals surface area contributed by atoms with Crippen molar-refractivity contribution in [2.75, 3.05) is 0 Å². The molecule has 106 valence electrons. The summed E-state index contributed by atoms with van der Waals surface area (Å²) >= 11 is 0. The van der Waals surface area contributed by atoms with Gasteiger partial charge in [0, 0.05) is 12.1 Å². The first-order valence-electron chi connectivity index (χ1n) is 6.65. The minimum absolute atomic E-state index is 0.262. The van der Waals surface area contributed by atoms with Crippen LogP contribution in [0.15, 0.2) is 59.1 Å². The minimum atomic E-state index is 0.262. The summed E-state index contributed by atoms with van der Waals surface area (Å²) < 4.78 is 10.8. The van der Waals surface area contributed by atoms with Gasteiger partial charge in [0.05, 0.1) is 0 Å². The second-order valence-electron chi connectivity index (χ2n) is 4.52. The van der Waals surface area contributed by atoms with Crippen molar-refractivity contribution in [3.05, 3.63) is 66.0 Å². The van der Waals surface area contributed by atoms with Crippen molar-refractivity contribution in [1.29, 1.82) is 0 Å². The van der Waals surface area contributed by atoms with Crippen molar-refractivity contribution >= 4 is 0 Å². The molecule has 0 atom stereocenters. The van der Waals surface area contributed by atoms with E-state index in [4.69, 9.17) is 15.0 Å². The van der Waals surface area contributed by atoms with Gasteiger partial charge in [-0.25, -0.2) is 0 Å². The minimum Gasteiger partial charge on any atom is -0.485 e. The van der Waals surface area contributed by atoms with Crippen LogP contribution in [-0.4, -0.2) is 10.1 Å². The van der Waals surface area contributed by atoms with Gasteiger partial charge in [0.2, 0.25) is 5.82 Å². The summed E-state index contributed by atoms with van der Waals surface area (Å²) in [5.74, 6) is 1.75. The molecule has 5 nitrogen and oxygen atoms in total. The molecular formula is C16H15N3O2. The Hall–Kier alpha value is -2.66. The van der Waals surface area contributed by atoms with Crippen molar-refractivity contribution in [2.45, 2.75) is 13.2 Å². The average Bonchev–Trinajstić information content (AvgIpc) is 3.03. The molecule has 0 saturated carbocycles. The molecule has 0 fully saturated rings. The van der Waals surface area contributed by atoms with Gasteiger partial charge in [-0.15, -0.1) is 0 Å². The molecule has 0 amide bonds. The summed E-state index contributed by atoms with van der Waals surface area (Å²) in [6.07, 6.45) is 0. The van der Waals surface area contributed by atoms with Crippen molar-refractivity contribution < 1.29 is 9.26 Å². The lowest BCUT2D eigenvalue weighted by atomic mass is 10.2. The third-order valence-electron chi connectivity index (χ3n) is 3.02. The lowest BCUT2D eigenvalue weighted by molar-refractivity contribution is 0.287. The number of nitrogens with zero attached hydrogens (tertiary/aromatic N) is 2. The Balaban J connectivity index is 1.64. The van der Waals surface area contributed by atoms with E-state index in [-0.39, 0.29) is 6.61 Å². The van der Waals surface area contributed by atoms with E-state index < -0.39 is 0 Å². The van der Waals surface area contributed by atoms with Crippen LogP contribution in [-0.2, 0) is 13.2 Å². The molecule has 0 spiro atoms. The first-order chi connectivity index (χ1) is 10.3. The highest BCUT2D eigenvalue weighted by Gasteiger charge is 2.08. The molecule has 1 aromatic heterocycles. The van der Waals surface area contributed by atoms with Gasteiger partial charge in [0.25, 0.3) is 5.89 Å². The van der Waals surface area contributed by atoms with Crippen LogP contribution in [0.1, 0.15) is 11.4 Å². The van der Waals surface area contributed by atoms with E-state index in [1.54, 1.807) is 0 Å². The van der Waals surface area contributed by atoms with Gasteiger partial charge in [-0.1, -0.05) is 35.5 Å². The summed E-state index contributed by atoms with van der Waals surface area (Å²) in [5, 5.41) is 3.91. The van der Waals surface area contributed by atoms with Crippen LogP contribution in [0.4, 0.5) is 0 Å². The number of aromatic nitrogens is 2. The molecule has 0 unspecified atom stereocenters. The number of hydrogen-bond acceptors (Lipinski definition) is 5. The summed E-state index contributed by atoms with van der Waals surface area (Å²) in [5.41, 5.74) is 7.51. The highest BCUT2D eigenvalue weighted by atomic mass is 16.5. The van der Waals surface area contributed by atoms with Gasteiger partial charge in [-0.3, -0.25) is 0 Å². The second kappa shape index (κ2) is 6.19. The first-order valence-corrected chi connectivity index (χ1v) is 6.65. The second-order valence-corrected chi connectivity index (χ2v) is 4.52. The number of ether oxygens (including phenoxy) is 1. The molecule has 0 aliphatic carbocycles. The van der Waals surface area contributed by atoms with E-state index in [0.717, 1.165) is 16.9 Å². The fraction of sp³-hybridized carbons (Fsp3) is 0.125. The summed E-state index contributed by atoms with van der Waals surface area (Å²) in [6.45, 7) is 0.782.